The van der Waals surface area contributed by atoms with E-state index < -0.39 is 0 Å². The van der Waals surface area contributed by atoms with Crippen LogP contribution in [0.2, 0.25) is 0 Å². The second kappa shape index (κ2) is 3.39. The molecule has 2 N–H and O–H groups in total. The Morgan fingerprint density at radius 3 is 2.82 bits per heavy atom. The monoisotopic (exact) mass is 151 g/mol. The standard InChI is InChI=1S/C9H13NO/c1-7-4-3-5-8(6-11-2)9(7)10/h3-5H,6,10H2,1-2H3. The maximum Gasteiger partial charge on any atom is 0.0733 e. The quantitative estimate of drug-likeness (QED) is 0.653. The summed E-state index contributed by atoms with van der Waals surface area (Å²) in [6.45, 7) is 2.59. The van der Waals surface area contributed by atoms with E-state index in [4.69, 9.17) is 10.5 Å². The zero-order valence-electron chi connectivity index (χ0n) is 6.92. The van der Waals surface area contributed by atoms with Crippen LogP contribution in [-0.2, 0) is 11.3 Å². The molecule has 60 valence electrons. The maximum atomic E-state index is 5.79. The third kappa shape index (κ3) is 1.71. The summed E-state index contributed by atoms with van der Waals surface area (Å²) in [4.78, 5) is 0. The van der Waals surface area contributed by atoms with Crippen LogP contribution in [0.4, 0.5) is 5.69 Å². The molecule has 0 aliphatic rings. The SMILES string of the molecule is COCc1cccc(C)c1N. The van der Waals surface area contributed by atoms with Gasteiger partial charge in [0.05, 0.1) is 6.61 Å². The molecule has 0 saturated heterocycles. The number of rotatable bonds is 2. The van der Waals surface area contributed by atoms with Gasteiger partial charge in [-0.05, 0) is 12.5 Å². The molecule has 0 saturated carbocycles. The van der Waals surface area contributed by atoms with Crippen molar-refractivity contribution in [3.05, 3.63) is 29.3 Å². The number of methoxy groups -OCH3 is 1. The number of benzene rings is 1. The van der Waals surface area contributed by atoms with E-state index in [2.05, 4.69) is 0 Å². The third-order valence-corrected chi connectivity index (χ3v) is 1.71. The molecule has 11 heavy (non-hydrogen) atoms. The van der Waals surface area contributed by atoms with Crippen molar-refractivity contribution < 1.29 is 4.74 Å². The Balaban J connectivity index is 2.96. The average molecular weight is 151 g/mol. The first-order valence-corrected chi connectivity index (χ1v) is 3.58. The van der Waals surface area contributed by atoms with Crippen LogP contribution in [0.3, 0.4) is 0 Å². The lowest BCUT2D eigenvalue weighted by atomic mass is 10.1. The molecule has 0 fully saturated rings. The van der Waals surface area contributed by atoms with Crippen LogP contribution in [0.1, 0.15) is 11.1 Å². The molecular formula is C9H13NO. The van der Waals surface area contributed by atoms with Gasteiger partial charge in [-0.25, -0.2) is 0 Å². The molecule has 1 aromatic rings. The molecule has 0 aromatic heterocycles. The summed E-state index contributed by atoms with van der Waals surface area (Å²) in [5.74, 6) is 0. The van der Waals surface area contributed by atoms with Crippen LogP contribution in [-0.4, -0.2) is 7.11 Å². The molecule has 0 atom stereocenters. The number of anilines is 1. The Kier molecular flexibility index (Phi) is 2.49. The number of hydrogen-bond donors (Lipinski definition) is 1. The van der Waals surface area contributed by atoms with Gasteiger partial charge in [0.25, 0.3) is 0 Å². The van der Waals surface area contributed by atoms with Crippen LogP contribution in [0.15, 0.2) is 18.2 Å². The number of nitrogens with two attached hydrogens (primary N) is 1. The highest BCUT2D eigenvalue weighted by Gasteiger charge is 1.98. The van der Waals surface area contributed by atoms with E-state index in [-0.39, 0.29) is 0 Å². The Labute approximate surface area is 67.0 Å². The Bertz CT molecular complexity index is 245. The summed E-state index contributed by atoms with van der Waals surface area (Å²) in [5, 5.41) is 0. The van der Waals surface area contributed by atoms with E-state index in [0.717, 1.165) is 16.8 Å². The number of ether oxygens (including phenoxy) is 1. The Morgan fingerprint density at radius 1 is 1.45 bits per heavy atom. The second-order valence-corrected chi connectivity index (χ2v) is 2.58. The normalized spacial score (nSPS) is 10.0. The lowest BCUT2D eigenvalue weighted by Crippen LogP contribution is -1.97. The first kappa shape index (κ1) is 8.08. The van der Waals surface area contributed by atoms with Gasteiger partial charge in [-0.1, -0.05) is 18.2 Å². The van der Waals surface area contributed by atoms with Gasteiger partial charge >= 0.3 is 0 Å². The molecular weight excluding hydrogens is 138 g/mol. The Hall–Kier alpha value is -1.02. The van der Waals surface area contributed by atoms with E-state index in [1.807, 2.05) is 25.1 Å². The van der Waals surface area contributed by atoms with Crippen molar-refractivity contribution in [3.63, 3.8) is 0 Å². The van der Waals surface area contributed by atoms with Crippen LogP contribution >= 0.6 is 0 Å². The summed E-state index contributed by atoms with van der Waals surface area (Å²) >= 11 is 0. The molecule has 0 amide bonds. The van der Waals surface area contributed by atoms with Crippen molar-refractivity contribution in [2.75, 3.05) is 12.8 Å². The minimum absolute atomic E-state index is 0.591. The minimum atomic E-state index is 0.591. The van der Waals surface area contributed by atoms with E-state index >= 15 is 0 Å². The van der Waals surface area contributed by atoms with Crippen LogP contribution in [0, 0.1) is 6.92 Å². The van der Waals surface area contributed by atoms with Crippen molar-refractivity contribution in [2.24, 2.45) is 0 Å². The molecule has 0 heterocycles. The lowest BCUT2D eigenvalue weighted by molar-refractivity contribution is 0.185. The molecule has 0 radical (unpaired) electrons. The topological polar surface area (TPSA) is 35.2 Å². The van der Waals surface area contributed by atoms with Gasteiger partial charge in [0.2, 0.25) is 0 Å². The van der Waals surface area contributed by atoms with Gasteiger partial charge in [-0.3, -0.25) is 0 Å². The molecule has 0 aliphatic carbocycles. The first-order valence-electron chi connectivity index (χ1n) is 3.58. The molecule has 2 nitrogen and oxygen atoms in total. The third-order valence-electron chi connectivity index (χ3n) is 1.71. The fourth-order valence-electron chi connectivity index (χ4n) is 1.02. The van der Waals surface area contributed by atoms with Crippen LogP contribution < -0.4 is 5.73 Å². The van der Waals surface area contributed by atoms with Crippen molar-refractivity contribution in [2.45, 2.75) is 13.5 Å². The predicted octanol–water partition coefficient (Wildman–Crippen LogP) is 1.72. The first-order chi connectivity index (χ1) is 5.25. The summed E-state index contributed by atoms with van der Waals surface area (Å²) < 4.78 is 4.98. The van der Waals surface area contributed by atoms with E-state index in [1.54, 1.807) is 7.11 Å². The zero-order valence-corrected chi connectivity index (χ0v) is 6.92. The summed E-state index contributed by atoms with van der Waals surface area (Å²) in [7, 11) is 1.67. The number of aryl methyl sites for hydroxylation is 1. The summed E-state index contributed by atoms with van der Waals surface area (Å²) in [5.41, 5.74) is 8.80. The molecule has 0 bridgehead atoms. The molecule has 1 aromatic carbocycles. The predicted molar refractivity (Wildman–Crippen MR) is 46.3 cm³/mol. The molecule has 1 rings (SSSR count). The number of para-hydroxylation sites is 1. The molecule has 2 heteroatoms. The van der Waals surface area contributed by atoms with Crippen LogP contribution in [0.5, 0.6) is 0 Å². The summed E-state index contributed by atoms with van der Waals surface area (Å²) in [6.07, 6.45) is 0. The largest absolute Gasteiger partial charge is 0.398 e. The lowest BCUT2D eigenvalue weighted by Gasteiger charge is -2.05. The second-order valence-electron chi connectivity index (χ2n) is 2.58. The smallest absolute Gasteiger partial charge is 0.0733 e. The summed E-state index contributed by atoms with van der Waals surface area (Å²) in [6, 6.07) is 5.96. The fourth-order valence-corrected chi connectivity index (χ4v) is 1.02. The van der Waals surface area contributed by atoms with E-state index in [0.29, 0.717) is 6.61 Å². The Morgan fingerprint density at radius 2 is 2.18 bits per heavy atom. The van der Waals surface area contributed by atoms with Gasteiger partial charge in [0.15, 0.2) is 0 Å². The van der Waals surface area contributed by atoms with Gasteiger partial charge in [0, 0.05) is 18.4 Å². The fraction of sp³-hybridized carbons (Fsp3) is 0.333. The van der Waals surface area contributed by atoms with Gasteiger partial charge < -0.3 is 10.5 Å². The van der Waals surface area contributed by atoms with Crippen molar-refractivity contribution in [3.8, 4) is 0 Å². The molecule has 0 spiro atoms. The van der Waals surface area contributed by atoms with E-state index in [9.17, 15) is 0 Å². The van der Waals surface area contributed by atoms with Crippen molar-refractivity contribution in [1.82, 2.24) is 0 Å². The van der Waals surface area contributed by atoms with Crippen molar-refractivity contribution >= 4 is 5.69 Å². The van der Waals surface area contributed by atoms with Gasteiger partial charge in [-0.2, -0.15) is 0 Å². The minimum Gasteiger partial charge on any atom is -0.398 e. The number of hydrogen-bond acceptors (Lipinski definition) is 2. The van der Waals surface area contributed by atoms with Crippen molar-refractivity contribution in [1.29, 1.82) is 0 Å². The highest BCUT2D eigenvalue weighted by molar-refractivity contribution is 5.52. The average Bonchev–Trinajstić information content (AvgIpc) is 1.99. The van der Waals surface area contributed by atoms with Gasteiger partial charge in [-0.15, -0.1) is 0 Å². The number of nitrogen functional groups attached to an aromatic ring is 1. The van der Waals surface area contributed by atoms with E-state index in [1.165, 1.54) is 0 Å². The molecule has 0 unspecified atom stereocenters. The van der Waals surface area contributed by atoms with Crippen LogP contribution in [0.25, 0.3) is 0 Å². The zero-order chi connectivity index (χ0) is 8.27. The highest BCUT2D eigenvalue weighted by atomic mass is 16.5. The highest BCUT2D eigenvalue weighted by Crippen LogP contribution is 2.16. The molecule has 0 aliphatic heterocycles. The van der Waals surface area contributed by atoms with Gasteiger partial charge in [0.1, 0.15) is 0 Å². The maximum absolute atomic E-state index is 5.79.